The molecule has 1 aromatic rings. The molecule has 70 valence electrons. The lowest BCUT2D eigenvalue weighted by molar-refractivity contribution is 0.243. The number of anilines is 1. The van der Waals surface area contributed by atoms with Gasteiger partial charge in [0.15, 0.2) is 0 Å². The van der Waals surface area contributed by atoms with Gasteiger partial charge in [-0.05, 0) is 18.6 Å². The van der Waals surface area contributed by atoms with Gasteiger partial charge in [0.1, 0.15) is 7.85 Å². The van der Waals surface area contributed by atoms with Gasteiger partial charge in [-0.25, -0.2) is 4.79 Å². The minimum absolute atomic E-state index is 0.0268. The molecule has 1 saturated heterocycles. The Balaban J connectivity index is 2.20. The molecule has 1 aliphatic heterocycles. The molecule has 0 aromatic heterocycles. The summed E-state index contributed by atoms with van der Waals surface area (Å²) >= 11 is 0. The van der Waals surface area contributed by atoms with E-state index in [2.05, 4.69) is 5.32 Å². The Morgan fingerprint density at radius 3 is 2.64 bits per heavy atom. The number of nitrogens with zero attached hydrogens (tertiary/aromatic N) is 1. The molecule has 0 unspecified atom stereocenters. The number of urea groups is 1. The van der Waals surface area contributed by atoms with Crippen molar-refractivity contribution >= 4 is 25.0 Å². The van der Waals surface area contributed by atoms with E-state index >= 15 is 0 Å². The third-order valence-electron chi connectivity index (χ3n) is 2.28. The normalized spacial score (nSPS) is 16.6. The Labute approximate surface area is 84.5 Å². The number of rotatable bonds is 1. The average Bonchev–Trinajstić information content (AvgIpc) is 2.20. The lowest BCUT2D eigenvalue weighted by atomic mass is 9.96. The zero-order chi connectivity index (χ0) is 9.97. The maximum absolute atomic E-state index is 11.5. The average molecular weight is 186 g/mol. The summed E-state index contributed by atoms with van der Waals surface area (Å²) in [5, 5.41) is 2.80. The number of hydrogen-bond donors (Lipinski definition) is 1. The van der Waals surface area contributed by atoms with E-state index in [1.54, 1.807) is 17.0 Å². The van der Waals surface area contributed by atoms with Crippen LogP contribution in [0.2, 0.25) is 0 Å². The lowest BCUT2D eigenvalue weighted by Gasteiger charge is -2.27. The summed E-state index contributed by atoms with van der Waals surface area (Å²) in [6.45, 7) is 1.54. The summed E-state index contributed by atoms with van der Waals surface area (Å²) in [5.74, 6) is 0. The van der Waals surface area contributed by atoms with Crippen LogP contribution < -0.4 is 15.7 Å². The highest BCUT2D eigenvalue weighted by molar-refractivity contribution is 6.32. The van der Waals surface area contributed by atoms with Crippen molar-refractivity contribution in [3.05, 3.63) is 24.3 Å². The van der Waals surface area contributed by atoms with Crippen LogP contribution >= 0.6 is 0 Å². The minimum atomic E-state index is -0.0268. The third-order valence-corrected chi connectivity index (χ3v) is 2.28. The largest absolute Gasteiger partial charge is 0.338 e. The van der Waals surface area contributed by atoms with Crippen molar-refractivity contribution in [2.45, 2.75) is 6.42 Å². The van der Waals surface area contributed by atoms with E-state index in [0.717, 1.165) is 25.2 Å². The van der Waals surface area contributed by atoms with Crippen LogP contribution in [0, 0.1) is 0 Å². The van der Waals surface area contributed by atoms with Gasteiger partial charge >= 0.3 is 6.03 Å². The van der Waals surface area contributed by atoms with Gasteiger partial charge in [0, 0.05) is 18.8 Å². The Morgan fingerprint density at radius 1 is 1.29 bits per heavy atom. The molecule has 0 atom stereocenters. The molecule has 0 saturated carbocycles. The standard InChI is InChI=1S/C10H11BN2O/c11-8-2-4-9(5-3-8)13-7-1-6-12-10(13)14/h2-5H,1,6-7H2,(H,12,14). The van der Waals surface area contributed by atoms with Crippen molar-refractivity contribution < 1.29 is 4.79 Å². The van der Waals surface area contributed by atoms with Crippen molar-refractivity contribution in [1.82, 2.24) is 5.32 Å². The molecular formula is C10H11BN2O. The second-order valence-electron chi connectivity index (χ2n) is 3.33. The van der Waals surface area contributed by atoms with Gasteiger partial charge in [-0.3, -0.25) is 4.90 Å². The highest BCUT2D eigenvalue weighted by Crippen LogP contribution is 2.14. The van der Waals surface area contributed by atoms with Crippen LogP contribution in [-0.4, -0.2) is 27.0 Å². The molecule has 0 aliphatic carbocycles. The fraction of sp³-hybridized carbons (Fsp3) is 0.300. The summed E-state index contributed by atoms with van der Waals surface area (Å²) in [6, 6.07) is 7.30. The van der Waals surface area contributed by atoms with Gasteiger partial charge in [0.2, 0.25) is 0 Å². The van der Waals surface area contributed by atoms with E-state index < -0.39 is 0 Å². The van der Waals surface area contributed by atoms with Crippen molar-refractivity contribution in [2.75, 3.05) is 18.0 Å². The molecule has 2 amide bonds. The Kier molecular flexibility index (Phi) is 2.44. The SMILES string of the molecule is [B]c1ccc(N2CCCNC2=O)cc1. The molecule has 2 rings (SSSR count). The number of nitrogens with one attached hydrogen (secondary N) is 1. The van der Waals surface area contributed by atoms with Crippen molar-refractivity contribution in [3.8, 4) is 0 Å². The van der Waals surface area contributed by atoms with E-state index in [1.165, 1.54) is 0 Å². The molecule has 1 aliphatic rings. The summed E-state index contributed by atoms with van der Waals surface area (Å²) < 4.78 is 0. The van der Waals surface area contributed by atoms with E-state index in [1.807, 2.05) is 12.1 Å². The van der Waals surface area contributed by atoms with Crippen LogP contribution in [0.25, 0.3) is 0 Å². The molecule has 1 N–H and O–H groups in total. The summed E-state index contributed by atoms with van der Waals surface area (Å²) in [5.41, 5.74) is 1.61. The Bertz CT molecular complexity index is 336. The molecule has 14 heavy (non-hydrogen) atoms. The second-order valence-corrected chi connectivity index (χ2v) is 3.33. The maximum Gasteiger partial charge on any atom is 0.321 e. The monoisotopic (exact) mass is 186 g/mol. The van der Waals surface area contributed by atoms with Crippen LogP contribution in [0.3, 0.4) is 0 Å². The van der Waals surface area contributed by atoms with Gasteiger partial charge < -0.3 is 5.32 Å². The smallest absolute Gasteiger partial charge is 0.321 e. The minimum Gasteiger partial charge on any atom is -0.338 e. The zero-order valence-electron chi connectivity index (χ0n) is 7.86. The van der Waals surface area contributed by atoms with E-state index in [4.69, 9.17) is 7.85 Å². The number of benzene rings is 1. The lowest BCUT2D eigenvalue weighted by Crippen LogP contribution is -2.46. The molecule has 2 radical (unpaired) electrons. The van der Waals surface area contributed by atoms with Gasteiger partial charge in [-0.15, -0.1) is 0 Å². The fourth-order valence-electron chi connectivity index (χ4n) is 1.53. The molecule has 1 heterocycles. The topological polar surface area (TPSA) is 32.3 Å². The van der Waals surface area contributed by atoms with E-state index in [0.29, 0.717) is 5.46 Å². The number of carbonyl (C=O) groups is 1. The molecular weight excluding hydrogens is 175 g/mol. The first-order valence-electron chi connectivity index (χ1n) is 4.68. The fourth-order valence-corrected chi connectivity index (χ4v) is 1.53. The highest BCUT2D eigenvalue weighted by atomic mass is 16.2. The van der Waals surface area contributed by atoms with Crippen molar-refractivity contribution in [2.24, 2.45) is 0 Å². The first-order valence-corrected chi connectivity index (χ1v) is 4.68. The first-order chi connectivity index (χ1) is 6.77. The van der Waals surface area contributed by atoms with Crippen LogP contribution in [0.1, 0.15) is 6.42 Å². The van der Waals surface area contributed by atoms with Gasteiger partial charge in [0.25, 0.3) is 0 Å². The van der Waals surface area contributed by atoms with E-state index in [9.17, 15) is 4.79 Å². The molecule has 3 nitrogen and oxygen atoms in total. The summed E-state index contributed by atoms with van der Waals surface area (Å²) in [6.07, 6.45) is 0.982. The highest BCUT2D eigenvalue weighted by Gasteiger charge is 2.18. The summed E-state index contributed by atoms with van der Waals surface area (Å²) in [4.78, 5) is 13.2. The number of amides is 2. The van der Waals surface area contributed by atoms with Crippen molar-refractivity contribution in [1.29, 1.82) is 0 Å². The van der Waals surface area contributed by atoms with Crippen molar-refractivity contribution in [3.63, 3.8) is 0 Å². The first kappa shape index (κ1) is 9.12. The zero-order valence-corrected chi connectivity index (χ0v) is 7.86. The predicted octanol–water partition coefficient (Wildman–Crippen LogP) is 0.400. The van der Waals surface area contributed by atoms with Crippen LogP contribution in [0.5, 0.6) is 0 Å². The molecule has 1 fully saturated rings. The summed E-state index contributed by atoms with van der Waals surface area (Å²) in [7, 11) is 5.57. The van der Waals surface area contributed by atoms with Crippen LogP contribution in [-0.2, 0) is 0 Å². The van der Waals surface area contributed by atoms with Gasteiger partial charge in [-0.2, -0.15) is 0 Å². The molecule has 0 bridgehead atoms. The van der Waals surface area contributed by atoms with Crippen LogP contribution in [0.15, 0.2) is 24.3 Å². The Morgan fingerprint density at radius 2 is 2.00 bits per heavy atom. The Hall–Kier alpha value is -1.45. The molecule has 4 heteroatoms. The van der Waals surface area contributed by atoms with Gasteiger partial charge in [0.05, 0.1) is 0 Å². The maximum atomic E-state index is 11.5. The predicted molar refractivity (Wildman–Crippen MR) is 57.2 cm³/mol. The quantitative estimate of drug-likeness (QED) is 0.632. The molecule has 1 aromatic carbocycles. The number of hydrogen-bond acceptors (Lipinski definition) is 1. The van der Waals surface area contributed by atoms with Gasteiger partial charge in [-0.1, -0.05) is 17.6 Å². The number of carbonyl (C=O) groups excluding carboxylic acids is 1. The second kappa shape index (κ2) is 3.74. The third kappa shape index (κ3) is 1.74. The van der Waals surface area contributed by atoms with Crippen LogP contribution in [0.4, 0.5) is 10.5 Å². The molecule has 0 spiro atoms. The van der Waals surface area contributed by atoms with E-state index in [-0.39, 0.29) is 6.03 Å².